The van der Waals surface area contributed by atoms with Crippen LogP contribution in [0.1, 0.15) is 33.8 Å². The fourth-order valence-electron chi connectivity index (χ4n) is 3.53. The Morgan fingerprint density at radius 2 is 2.09 bits per heavy atom. The average Bonchev–Trinajstić information content (AvgIpc) is 3.18. The first kappa shape index (κ1) is 21.3. The maximum atomic E-state index is 14.2. The fourth-order valence-corrected chi connectivity index (χ4v) is 3.69. The van der Waals surface area contributed by atoms with Crippen molar-refractivity contribution in [2.75, 3.05) is 11.4 Å². The normalized spacial score (nSPS) is 15.5. The van der Waals surface area contributed by atoms with Gasteiger partial charge in [-0.25, -0.2) is 9.37 Å². The number of nitriles is 1. The molecule has 1 fully saturated rings. The van der Waals surface area contributed by atoms with Crippen molar-refractivity contribution in [2.24, 2.45) is 5.73 Å². The molecule has 2 heterocycles. The number of rotatable bonds is 5. The van der Waals surface area contributed by atoms with Crippen LogP contribution in [0.2, 0.25) is 5.02 Å². The summed E-state index contributed by atoms with van der Waals surface area (Å²) in [5, 5.41) is 9.46. The Kier molecular flexibility index (Phi) is 5.75. The molecule has 0 unspecified atom stereocenters. The van der Waals surface area contributed by atoms with Gasteiger partial charge in [-0.15, -0.1) is 0 Å². The van der Waals surface area contributed by atoms with Crippen molar-refractivity contribution in [3.05, 3.63) is 82.3 Å². The first-order chi connectivity index (χ1) is 15.4. The van der Waals surface area contributed by atoms with Crippen LogP contribution in [0.15, 0.2) is 54.7 Å². The van der Waals surface area contributed by atoms with Crippen LogP contribution in [-0.2, 0) is 4.79 Å². The average molecular weight is 451 g/mol. The molecule has 2 amide bonds. The highest BCUT2D eigenvalue weighted by atomic mass is 35.5. The lowest BCUT2D eigenvalue weighted by atomic mass is 9.98. The number of hydrogen-bond acceptors (Lipinski definition) is 5. The van der Waals surface area contributed by atoms with Crippen molar-refractivity contribution in [1.29, 1.82) is 5.26 Å². The predicted molar refractivity (Wildman–Crippen MR) is 115 cm³/mol. The zero-order valence-corrected chi connectivity index (χ0v) is 17.3. The molecule has 1 aromatic heterocycles. The van der Waals surface area contributed by atoms with Crippen LogP contribution in [0, 0.1) is 17.1 Å². The maximum absolute atomic E-state index is 14.2. The van der Waals surface area contributed by atoms with E-state index >= 15 is 0 Å². The van der Waals surface area contributed by atoms with Gasteiger partial charge in [-0.1, -0.05) is 23.7 Å². The van der Waals surface area contributed by atoms with Gasteiger partial charge in [-0.3, -0.25) is 14.5 Å². The molecule has 32 heavy (non-hydrogen) atoms. The summed E-state index contributed by atoms with van der Waals surface area (Å²) in [6, 6.07) is 13.9. The first-order valence-corrected chi connectivity index (χ1v) is 9.97. The third kappa shape index (κ3) is 4.11. The molecule has 1 atom stereocenters. The zero-order valence-electron chi connectivity index (χ0n) is 16.6. The summed E-state index contributed by atoms with van der Waals surface area (Å²) in [7, 11) is 0. The Labute approximate surface area is 187 Å². The Morgan fingerprint density at radius 1 is 1.28 bits per heavy atom. The van der Waals surface area contributed by atoms with Crippen LogP contribution < -0.4 is 15.4 Å². The van der Waals surface area contributed by atoms with E-state index in [0.29, 0.717) is 12.4 Å². The number of benzene rings is 2. The number of anilines is 1. The molecule has 1 aliphatic heterocycles. The number of carbonyl (C=O) groups excluding carboxylic acids is 2. The molecule has 0 spiro atoms. The van der Waals surface area contributed by atoms with Gasteiger partial charge in [0.25, 0.3) is 0 Å². The Morgan fingerprint density at radius 3 is 2.84 bits per heavy atom. The van der Waals surface area contributed by atoms with Crippen LogP contribution in [0.25, 0.3) is 0 Å². The first-order valence-electron chi connectivity index (χ1n) is 9.59. The van der Waals surface area contributed by atoms with Crippen molar-refractivity contribution in [3.8, 4) is 17.6 Å². The van der Waals surface area contributed by atoms with Crippen LogP contribution in [0.4, 0.5) is 10.2 Å². The smallest absolute Gasteiger partial charge is 0.248 e. The number of halogens is 2. The molecule has 0 radical (unpaired) electrons. The standard InChI is InChI=1S/C23H16ClFN4O3/c24-17-5-4-13(8-19(17)32-22-15(11-26)2-1-3-18(22)25)16-10-21(30)29(12-16)20-9-14(23(27)31)6-7-28-20/h1-9,16H,10,12H2,(H2,27,31)/t16-/m0/s1. The number of pyridine rings is 1. The van der Waals surface area contributed by atoms with Crippen molar-refractivity contribution in [3.63, 3.8) is 0 Å². The lowest BCUT2D eigenvalue weighted by Gasteiger charge is -2.17. The van der Waals surface area contributed by atoms with Gasteiger partial charge in [0.1, 0.15) is 17.6 Å². The van der Waals surface area contributed by atoms with Gasteiger partial charge in [-0.05, 0) is 42.0 Å². The summed E-state index contributed by atoms with van der Waals surface area (Å²) in [6.45, 7) is 0.318. The van der Waals surface area contributed by atoms with Crippen LogP contribution >= 0.6 is 11.6 Å². The van der Waals surface area contributed by atoms with E-state index in [1.807, 2.05) is 6.07 Å². The maximum Gasteiger partial charge on any atom is 0.248 e. The summed E-state index contributed by atoms with van der Waals surface area (Å²) < 4.78 is 19.9. The van der Waals surface area contributed by atoms with E-state index in [4.69, 9.17) is 22.1 Å². The van der Waals surface area contributed by atoms with E-state index in [1.165, 1.54) is 41.4 Å². The summed E-state index contributed by atoms with van der Waals surface area (Å²) >= 11 is 6.24. The monoisotopic (exact) mass is 450 g/mol. The van der Waals surface area contributed by atoms with Crippen molar-refractivity contribution in [1.82, 2.24) is 4.98 Å². The number of carbonyl (C=O) groups is 2. The molecule has 2 N–H and O–H groups in total. The molecule has 0 aliphatic carbocycles. The number of ether oxygens (including phenoxy) is 1. The quantitative estimate of drug-likeness (QED) is 0.627. The number of amides is 2. The van der Waals surface area contributed by atoms with Gasteiger partial charge in [0, 0.05) is 30.6 Å². The molecule has 4 rings (SSSR count). The summed E-state index contributed by atoms with van der Waals surface area (Å²) in [5.74, 6) is -1.38. The summed E-state index contributed by atoms with van der Waals surface area (Å²) in [5.41, 5.74) is 6.36. The Balaban J connectivity index is 1.61. The molecule has 3 aromatic rings. The summed E-state index contributed by atoms with van der Waals surface area (Å²) in [6.07, 6.45) is 1.62. The lowest BCUT2D eigenvalue weighted by Crippen LogP contribution is -2.26. The third-order valence-electron chi connectivity index (χ3n) is 5.16. The van der Waals surface area contributed by atoms with E-state index in [1.54, 1.807) is 18.2 Å². The minimum Gasteiger partial charge on any atom is -0.451 e. The van der Waals surface area contributed by atoms with E-state index < -0.39 is 11.7 Å². The van der Waals surface area contributed by atoms with Gasteiger partial charge in [-0.2, -0.15) is 5.26 Å². The van der Waals surface area contributed by atoms with Crippen LogP contribution in [0.3, 0.4) is 0 Å². The third-order valence-corrected chi connectivity index (χ3v) is 5.47. The SMILES string of the molecule is N#Cc1cccc(F)c1Oc1cc([C@H]2CC(=O)N(c3cc(C(N)=O)ccn3)C2)ccc1Cl. The van der Waals surface area contributed by atoms with Crippen molar-refractivity contribution in [2.45, 2.75) is 12.3 Å². The van der Waals surface area contributed by atoms with Crippen molar-refractivity contribution >= 4 is 29.2 Å². The van der Waals surface area contributed by atoms with Gasteiger partial charge >= 0.3 is 0 Å². The molecule has 0 saturated carbocycles. The molecule has 7 nitrogen and oxygen atoms in total. The highest BCUT2D eigenvalue weighted by Crippen LogP contribution is 2.38. The topological polar surface area (TPSA) is 109 Å². The van der Waals surface area contributed by atoms with E-state index in [-0.39, 0.29) is 45.9 Å². The molecule has 1 aliphatic rings. The predicted octanol–water partition coefficient (Wildman–Crippen LogP) is 4.16. The van der Waals surface area contributed by atoms with Crippen molar-refractivity contribution < 1.29 is 18.7 Å². The fraction of sp³-hybridized carbons (Fsp3) is 0.130. The van der Waals surface area contributed by atoms with E-state index in [0.717, 1.165) is 5.56 Å². The molecule has 160 valence electrons. The van der Waals surface area contributed by atoms with Gasteiger partial charge in [0.05, 0.1) is 10.6 Å². The van der Waals surface area contributed by atoms with Crippen LogP contribution in [0.5, 0.6) is 11.5 Å². The van der Waals surface area contributed by atoms with Gasteiger partial charge in [0.15, 0.2) is 11.6 Å². The number of hydrogen-bond donors (Lipinski definition) is 1. The second-order valence-electron chi connectivity index (χ2n) is 7.19. The number of nitrogens with zero attached hydrogens (tertiary/aromatic N) is 3. The minimum atomic E-state index is -0.687. The lowest BCUT2D eigenvalue weighted by molar-refractivity contribution is -0.117. The van der Waals surface area contributed by atoms with Crippen LogP contribution in [-0.4, -0.2) is 23.3 Å². The second-order valence-corrected chi connectivity index (χ2v) is 7.60. The second kappa shape index (κ2) is 8.65. The number of para-hydroxylation sites is 1. The zero-order chi connectivity index (χ0) is 22.8. The Bertz CT molecular complexity index is 1270. The highest BCUT2D eigenvalue weighted by molar-refractivity contribution is 6.32. The molecule has 0 bridgehead atoms. The van der Waals surface area contributed by atoms with E-state index in [9.17, 15) is 19.2 Å². The number of nitrogens with two attached hydrogens (primary N) is 1. The number of aromatic nitrogens is 1. The molecule has 9 heteroatoms. The van der Waals surface area contributed by atoms with Gasteiger partial charge in [0.2, 0.25) is 11.8 Å². The molecule has 1 saturated heterocycles. The Hall–Kier alpha value is -3.96. The highest BCUT2D eigenvalue weighted by Gasteiger charge is 2.33. The van der Waals surface area contributed by atoms with E-state index in [2.05, 4.69) is 4.98 Å². The minimum absolute atomic E-state index is 0.0362. The molecular formula is C23H16ClFN4O3. The molecule has 2 aromatic carbocycles. The summed E-state index contributed by atoms with van der Waals surface area (Å²) in [4.78, 5) is 29.7. The molecular weight excluding hydrogens is 435 g/mol. The van der Waals surface area contributed by atoms with Gasteiger partial charge < -0.3 is 10.5 Å². The number of primary amides is 1. The largest absolute Gasteiger partial charge is 0.451 e.